The maximum Gasteiger partial charge on any atom is 0.175 e. The highest BCUT2D eigenvalue weighted by Gasteiger charge is 2.25. The number of halogens is 1. The highest BCUT2D eigenvalue weighted by atomic mass is 127. The fourth-order valence-electron chi connectivity index (χ4n) is 2.55. The summed E-state index contributed by atoms with van der Waals surface area (Å²) in [6, 6.07) is 8.15. The van der Waals surface area contributed by atoms with Crippen LogP contribution in [0.5, 0.6) is 0 Å². The Labute approximate surface area is 137 Å². The first-order chi connectivity index (χ1) is 9.63. The molecule has 0 fully saturated rings. The first-order valence-electron chi connectivity index (χ1n) is 7.91. The molecule has 0 aliphatic rings. The highest BCUT2D eigenvalue weighted by molar-refractivity contribution is 14.1. The van der Waals surface area contributed by atoms with Gasteiger partial charge in [-0.1, -0.05) is 86.9 Å². The molecule has 0 amide bonds. The molecule has 20 heavy (non-hydrogen) atoms. The minimum Gasteiger partial charge on any atom is -0.293 e. The van der Waals surface area contributed by atoms with Crippen LogP contribution >= 0.6 is 22.6 Å². The van der Waals surface area contributed by atoms with Crippen molar-refractivity contribution in [1.82, 2.24) is 0 Å². The Morgan fingerprint density at radius 3 is 2.20 bits per heavy atom. The van der Waals surface area contributed by atoms with Gasteiger partial charge in [0.2, 0.25) is 0 Å². The molecule has 0 aromatic heterocycles. The van der Waals surface area contributed by atoms with Gasteiger partial charge in [0.15, 0.2) is 5.78 Å². The zero-order chi connectivity index (χ0) is 15.0. The number of ketones is 1. The molecule has 0 N–H and O–H groups in total. The van der Waals surface area contributed by atoms with Gasteiger partial charge >= 0.3 is 0 Å². The SMILES string of the molecule is CCCCC(CCC)C(I)C(=O)c1ccc(CC)cc1. The molecule has 1 nitrogen and oxygen atoms in total. The monoisotopic (exact) mass is 386 g/mol. The molecule has 0 aliphatic heterocycles. The van der Waals surface area contributed by atoms with Crippen LogP contribution in [0.4, 0.5) is 0 Å². The van der Waals surface area contributed by atoms with Gasteiger partial charge < -0.3 is 0 Å². The predicted octanol–water partition coefficient (Wildman–Crippen LogP) is 5.84. The summed E-state index contributed by atoms with van der Waals surface area (Å²) < 4.78 is 0.117. The number of unbranched alkanes of at least 4 members (excludes halogenated alkanes) is 1. The van der Waals surface area contributed by atoms with E-state index in [2.05, 4.69) is 55.5 Å². The molecule has 0 aliphatic carbocycles. The van der Waals surface area contributed by atoms with Gasteiger partial charge in [-0.15, -0.1) is 0 Å². The predicted molar refractivity (Wildman–Crippen MR) is 95.9 cm³/mol. The summed E-state index contributed by atoms with van der Waals surface area (Å²) in [6.45, 7) is 6.57. The third-order valence-corrected chi connectivity index (χ3v) is 5.48. The lowest BCUT2D eigenvalue weighted by molar-refractivity contribution is 0.0971. The second kappa shape index (κ2) is 9.54. The van der Waals surface area contributed by atoms with Crippen molar-refractivity contribution >= 4 is 28.4 Å². The molecular weight excluding hydrogens is 359 g/mol. The average Bonchev–Trinajstić information content (AvgIpc) is 2.50. The fourth-order valence-corrected chi connectivity index (χ4v) is 3.63. The van der Waals surface area contributed by atoms with Crippen LogP contribution in [0.15, 0.2) is 24.3 Å². The number of benzene rings is 1. The van der Waals surface area contributed by atoms with Crippen molar-refractivity contribution in [2.75, 3.05) is 0 Å². The van der Waals surface area contributed by atoms with Crippen molar-refractivity contribution in [1.29, 1.82) is 0 Å². The normalized spacial score (nSPS) is 14.0. The van der Waals surface area contributed by atoms with Crippen LogP contribution in [0.1, 0.15) is 68.8 Å². The number of carbonyl (C=O) groups is 1. The smallest absolute Gasteiger partial charge is 0.175 e. The second-order valence-electron chi connectivity index (χ2n) is 5.51. The Bertz CT molecular complexity index is 396. The largest absolute Gasteiger partial charge is 0.293 e. The van der Waals surface area contributed by atoms with E-state index in [-0.39, 0.29) is 3.92 Å². The van der Waals surface area contributed by atoms with E-state index in [1.54, 1.807) is 0 Å². The van der Waals surface area contributed by atoms with E-state index in [0.29, 0.717) is 11.7 Å². The van der Waals surface area contributed by atoms with Crippen LogP contribution in [0.3, 0.4) is 0 Å². The molecule has 1 aromatic rings. The first kappa shape index (κ1) is 17.7. The van der Waals surface area contributed by atoms with Gasteiger partial charge in [-0.3, -0.25) is 4.79 Å². The van der Waals surface area contributed by atoms with Crippen LogP contribution in [0, 0.1) is 5.92 Å². The lowest BCUT2D eigenvalue weighted by atomic mass is 9.90. The topological polar surface area (TPSA) is 17.1 Å². The van der Waals surface area contributed by atoms with Gasteiger partial charge in [0, 0.05) is 5.56 Å². The number of aryl methyl sites for hydroxylation is 1. The summed E-state index contributed by atoms with van der Waals surface area (Å²) in [7, 11) is 0. The molecule has 0 saturated heterocycles. The molecule has 0 bridgehead atoms. The van der Waals surface area contributed by atoms with Gasteiger partial charge in [-0.2, -0.15) is 0 Å². The number of alkyl halides is 1. The van der Waals surface area contributed by atoms with E-state index >= 15 is 0 Å². The second-order valence-corrected chi connectivity index (χ2v) is 6.85. The molecular formula is C18H27IO. The van der Waals surface area contributed by atoms with Gasteiger partial charge in [0.25, 0.3) is 0 Å². The summed E-state index contributed by atoms with van der Waals surface area (Å²) >= 11 is 2.36. The van der Waals surface area contributed by atoms with Crippen LogP contribution < -0.4 is 0 Å². The Balaban J connectivity index is 2.75. The highest BCUT2D eigenvalue weighted by Crippen LogP contribution is 2.27. The third kappa shape index (κ3) is 5.19. The molecule has 0 spiro atoms. The van der Waals surface area contributed by atoms with Crippen LogP contribution in [-0.2, 0) is 6.42 Å². The Hall–Kier alpha value is -0.380. The van der Waals surface area contributed by atoms with Crippen molar-refractivity contribution in [3.05, 3.63) is 35.4 Å². The molecule has 112 valence electrons. The number of Topliss-reactive ketones (excluding diaryl/α,β-unsaturated/α-hetero) is 1. The average molecular weight is 386 g/mol. The molecule has 2 unspecified atom stereocenters. The van der Waals surface area contributed by atoms with Gasteiger partial charge in [0.1, 0.15) is 0 Å². The van der Waals surface area contributed by atoms with Crippen molar-refractivity contribution in [3.8, 4) is 0 Å². The minimum absolute atomic E-state index is 0.117. The van der Waals surface area contributed by atoms with Crippen LogP contribution in [0.25, 0.3) is 0 Å². The summed E-state index contributed by atoms with van der Waals surface area (Å²) in [5.74, 6) is 0.835. The van der Waals surface area contributed by atoms with Crippen molar-refractivity contribution in [2.45, 2.75) is 63.2 Å². The summed E-state index contributed by atoms with van der Waals surface area (Å²) in [5.41, 5.74) is 2.17. The van der Waals surface area contributed by atoms with Gasteiger partial charge in [0.05, 0.1) is 3.92 Å². The zero-order valence-electron chi connectivity index (χ0n) is 13.0. The maximum absolute atomic E-state index is 12.6. The molecule has 1 aromatic carbocycles. The maximum atomic E-state index is 12.6. The van der Waals surface area contributed by atoms with E-state index in [1.807, 2.05) is 12.1 Å². The van der Waals surface area contributed by atoms with E-state index in [1.165, 1.54) is 24.8 Å². The molecule has 0 saturated carbocycles. The molecule has 0 heterocycles. The van der Waals surface area contributed by atoms with Crippen molar-refractivity contribution < 1.29 is 4.79 Å². The van der Waals surface area contributed by atoms with E-state index in [9.17, 15) is 4.79 Å². The van der Waals surface area contributed by atoms with E-state index in [4.69, 9.17) is 0 Å². The van der Waals surface area contributed by atoms with E-state index < -0.39 is 0 Å². The lowest BCUT2D eigenvalue weighted by Gasteiger charge is -2.21. The first-order valence-corrected chi connectivity index (χ1v) is 9.15. The number of rotatable bonds is 9. The summed E-state index contributed by atoms with van der Waals surface area (Å²) in [4.78, 5) is 12.6. The number of hydrogen-bond donors (Lipinski definition) is 0. The lowest BCUT2D eigenvalue weighted by Crippen LogP contribution is -2.24. The Morgan fingerprint density at radius 2 is 1.70 bits per heavy atom. The van der Waals surface area contributed by atoms with Crippen LogP contribution in [0.2, 0.25) is 0 Å². The van der Waals surface area contributed by atoms with Crippen molar-refractivity contribution in [2.24, 2.45) is 5.92 Å². The number of hydrogen-bond acceptors (Lipinski definition) is 1. The quantitative estimate of drug-likeness (QED) is 0.296. The van der Waals surface area contributed by atoms with Gasteiger partial charge in [-0.05, 0) is 30.7 Å². The molecule has 2 atom stereocenters. The summed E-state index contributed by atoms with van der Waals surface area (Å²) in [6.07, 6.45) is 6.96. The summed E-state index contributed by atoms with van der Waals surface area (Å²) in [5, 5.41) is 0. The Morgan fingerprint density at radius 1 is 1.05 bits per heavy atom. The van der Waals surface area contributed by atoms with Gasteiger partial charge in [-0.25, -0.2) is 0 Å². The fraction of sp³-hybridized carbons (Fsp3) is 0.611. The zero-order valence-corrected chi connectivity index (χ0v) is 15.2. The molecule has 0 radical (unpaired) electrons. The molecule has 2 heteroatoms. The standard InChI is InChI=1S/C18H27IO/c1-4-7-9-15(8-5-2)17(19)18(20)16-12-10-14(6-3)11-13-16/h10-13,15,17H,4-9H2,1-3H3. The van der Waals surface area contributed by atoms with Crippen LogP contribution in [-0.4, -0.2) is 9.71 Å². The number of carbonyl (C=O) groups excluding carboxylic acids is 1. The van der Waals surface area contributed by atoms with E-state index in [0.717, 1.165) is 24.8 Å². The van der Waals surface area contributed by atoms with Crippen molar-refractivity contribution in [3.63, 3.8) is 0 Å². The molecule has 1 rings (SSSR count). The Kier molecular flexibility index (Phi) is 8.43. The minimum atomic E-state index is 0.117. The third-order valence-electron chi connectivity index (χ3n) is 3.90.